The van der Waals surface area contributed by atoms with Crippen LogP contribution in [-0.2, 0) is 4.79 Å². The summed E-state index contributed by atoms with van der Waals surface area (Å²) in [5.41, 5.74) is 1.55. The van der Waals surface area contributed by atoms with Crippen molar-refractivity contribution in [2.45, 2.75) is 13.8 Å². The summed E-state index contributed by atoms with van der Waals surface area (Å²) in [7, 11) is 0. The Morgan fingerprint density at radius 3 is 2.68 bits per heavy atom. The Kier molecular flexibility index (Phi) is 3.47. The molecule has 0 unspecified atom stereocenters. The van der Waals surface area contributed by atoms with E-state index in [0.717, 1.165) is 5.56 Å². The number of ether oxygens (including phenoxy) is 1. The molecule has 2 aromatic carbocycles. The predicted octanol–water partition coefficient (Wildman–Crippen LogP) is 3.09. The Morgan fingerprint density at radius 1 is 1.18 bits per heavy atom. The molecule has 1 aromatic heterocycles. The fraction of sp³-hybridized carbons (Fsp3) is 0.118. The molecule has 0 saturated carbocycles. The normalized spacial score (nSPS) is 10.6. The molecule has 5 nitrogen and oxygen atoms in total. The van der Waals surface area contributed by atoms with E-state index in [-0.39, 0.29) is 17.4 Å². The molecule has 0 spiro atoms. The number of esters is 1. The molecule has 22 heavy (non-hydrogen) atoms. The third-order valence-electron chi connectivity index (χ3n) is 3.20. The van der Waals surface area contributed by atoms with Crippen molar-refractivity contribution >= 4 is 16.9 Å². The largest absolute Gasteiger partial charge is 0.437 e. The standard InChI is InChI=1S/C17H13NO4/c1-10-9-12(7-8-14(10)21-11(2)19)17-18-16(20)13-5-3-4-6-15(13)22-17/h3-9H,1-2H3. The summed E-state index contributed by atoms with van der Waals surface area (Å²) in [6, 6.07) is 12.1. The van der Waals surface area contributed by atoms with Crippen LogP contribution in [0.3, 0.4) is 0 Å². The number of aromatic nitrogens is 1. The van der Waals surface area contributed by atoms with Gasteiger partial charge in [-0.05, 0) is 42.8 Å². The average Bonchev–Trinajstić information content (AvgIpc) is 2.49. The maximum Gasteiger partial charge on any atom is 0.308 e. The highest BCUT2D eigenvalue weighted by atomic mass is 16.5. The molecule has 0 saturated heterocycles. The Hall–Kier alpha value is -2.95. The quantitative estimate of drug-likeness (QED) is 0.536. The second-order valence-electron chi connectivity index (χ2n) is 4.89. The number of rotatable bonds is 2. The zero-order valence-electron chi connectivity index (χ0n) is 12.1. The van der Waals surface area contributed by atoms with Gasteiger partial charge in [0, 0.05) is 12.5 Å². The van der Waals surface area contributed by atoms with Gasteiger partial charge in [0.15, 0.2) is 0 Å². The van der Waals surface area contributed by atoms with E-state index in [1.165, 1.54) is 6.92 Å². The molecule has 3 rings (SSSR count). The predicted molar refractivity (Wildman–Crippen MR) is 81.8 cm³/mol. The number of hydrogen-bond acceptors (Lipinski definition) is 5. The van der Waals surface area contributed by atoms with E-state index in [2.05, 4.69) is 4.98 Å². The van der Waals surface area contributed by atoms with Crippen molar-refractivity contribution in [1.29, 1.82) is 0 Å². The highest BCUT2D eigenvalue weighted by molar-refractivity contribution is 5.76. The van der Waals surface area contributed by atoms with E-state index in [0.29, 0.717) is 22.3 Å². The van der Waals surface area contributed by atoms with E-state index in [9.17, 15) is 9.59 Å². The second kappa shape index (κ2) is 5.44. The molecule has 0 atom stereocenters. The highest BCUT2D eigenvalue weighted by Gasteiger charge is 2.10. The molecule has 0 radical (unpaired) electrons. The van der Waals surface area contributed by atoms with Gasteiger partial charge in [-0.15, -0.1) is 0 Å². The molecular formula is C17H13NO4. The molecule has 0 fully saturated rings. The lowest BCUT2D eigenvalue weighted by molar-refractivity contribution is -0.131. The van der Waals surface area contributed by atoms with Crippen LogP contribution in [0.2, 0.25) is 0 Å². The molecule has 0 aliphatic rings. The van der Waals surface area contributed by atoms with E-state index < -0.39 is 0 Å². The summed E-state index contributed by atoms with van der Waals surface area (Å²) in [6.07, 6.45) is 0. The molecular weight excluding hydrogens is 282 g/mol. The zero-order valence-corrected chi connectivity index (χ0v) is 12.1. The number of nitrogens with zero attached hydrogens (tertiary/aromatic N) is 1. The minimum Gasteiger partial charge on any atom is -0.437 e. The van der Waals surface area contributed by atoms with Gasteiger partial charge in [0.2, 0.25) is 5.89 Å². The van der Waals surface area contributed by atoms with Crippen molar-refractivity contribution in [1.82, 2.24) is 4.98 Å². The van der Waals surface area contributed by atoms with Gasteiger partial charge in [0.25, 0.3) is 5.56 Å². The van der Waals surface area contributed by atoms with Crippen LogP contribution in [0.4, 0.5) is 0 Å². The van der Waals surface area contributed by atoms with Crippen LogP contribution in [0.15, 0.2) is 51.7 Å². The number of benzene rings is 2. The summed E-state index contributed by atoms with van der Waals surface area (Å²) >= 11 is 0. The summed E-state index contributed by atoms with van der Waals surface area (Å²) in [5, 5.41) is 0.444. The van der Waals surface area contributed by atoms with Gasteiger partial charge >= 0.3 is 5.97 Å². The van der Waals surface area contributed by atoms with Gasteiger partial charge in [0.05, 0.1) is 5.39 Å². The minimum absolute atomic E-state index is 0.237. The van der Waals surface area contributed by atoms with E-state index in [1.54, 1.807) is 49.4 Å². The Bertz CT molecular complexity index is 927. The molecule has 0 aliphatic heterocycles. The molecule has 3 aromatic rings. The number of carbonyl (C=O) groups excluding carboxylic acids is 1. The van der Waals surface area contributed by atoms with Gasteiger partial charge in [-0.1, -0.05) is 12.1 Å². The van der Waals surface area contributed by atoms with Crippen LogP contribution in [-0.4, -0.2) is 11.0 Å². The van der Waals surface area contributed by atoms with Crippen LogP contribution in [0.25, 0.3) is 22.4 Å². The van der Waals surface area contributed by atoms with Gasteiger partial charge < -0.3 is 9.15 Å². The molecule has 0 aliphatic carbocycles. The Morgan fingerprint density at radius 2 is 1.95 bits per heavy atom. The molecule has 0 amide bonds. The van der Waals surface area contributed by atoms with E-state index in [1.807, 2.05) is 0 Å². The van der Waals surface area contributed by atoms with Crippen molar-refractivity contribution in [3.63, 3.8) is 0 Å². The van der Waals surface area contributed by atoms with Gasteiger partial charge in [-0.2, -0.15) is 4.98 Å². The molecule has 5 heteroatoms. The molecule has 0 N–H and O–H groups in total. The maximum atomic E-state index is 12.0. The van der Waals surface area contributed by atoms with Gasteiger partial charge in [0.1, 0.15) is 11.3 Å². The van der Waals surface area contributed by atoms with Crippen molar-refractivity contribution in [2.75, 3.05) is 0 Å². The number of para-hydroxylation sites is 1. The summed E-state index contributed by atoms with van der Waals surface area (Å²) < 4.78 is 10.8. The third-order valence-corrected chi connectivity index (χ3v) is 3.20. The third kappa shape index (κ3) is 2.61. The number of hydrogen-bond donors (Lipinski definition) is 0. The lowest BCUT2D eigenvalue weighted by Crippen LogP contribution is -2.07. The van der Waals surface area contributed by atoms with Crippen LogP contribution < -0.4 is 10.3 Å². The Labute approximate surface area is 126 Å². The first-order valence-electron chi connectivity index (χ1n) is 6.74. The lowest BCUT2D eigenvalue weighted by atomic mass is 10.1. The zero-order chi connectivity index (χ0) is 15.7. The first kappa shape index (κ1) is 14.0. The van der Waals surface area contributed by atoms with Crippen LogP contribution in [0.1, 0.15) is 12.5 Å². The van der Waals surface area contributed by atoms with Crippen molar-refractivity contribution in [2.24, 2.45) is 0 Å². The van der Waals surface area contributed by atoms with E-state index in [4.69, 9.17) is 9.15 Å². The topological polar surface area (TPSA) is 69.4 Å². The van der Waals surface area contributed by atoms with Crippen LogP contribution >= 0.6 is 0 Å². The summed E-state index contributed by atoms with van der Waals surface area (Å²) in [6.45, 7) is 3.15. The van der Waals surface area contributed by atoms with Crippen LogP contribution in [0.5, 0.6) is 5.75 Å². The summed E-state index contributed by atoms with van der Waals surface area (Å²) in [5.74, 6) is 0.326. The number of carbonyl (C=O) groups is 1. The Balaban J connectivity index is 2.10. The lowest BCUT2D eigenvalue weighted by Gasteiger charge is -2.07. The maximum absolute atomic E-state index is 12.0. The van der Waals surface area contributed by atoms with E-state index >= 15 is 0 Å². The van der Waals surface area contributed by atoms with Crippen LogP contribution in [0, 0.1) is 6.92 Å². The monoisotopic (exact) mass is 295 g/mol. The molecule has 1 heterocycles. The van der Waals surface area contributed by atoms with Crippen molar-refractivity contribution < 1.29 is 13.9 Å². The first-order valence-corrected chi connectivity index (χ1v) is 6.74. The SMILES string of the molecule is CC(=O)Oc1ccc(-c2nc(=O)c3ccccc3o2)cc1C. The number of aryl methyl sites for hydroxylation is 1. The van der Waals surface area contributed by atoms with Gasteiger partial charge in [-0.25, -0.2) is 0 Å². The fourth-order valence-corrected chi connectivity index (χ4v) is 2.19. The number of fused-ring (bicyclic) bond motifs is 1. The summed E-state index contributed by atoms with van der Waals surface area (Å²) in [4.78, 5) is 27.0. The molecule has 0 bridgehead atoms. The van der Waals surface area contributed by atoms with Crippen molar-refractivity contribution in [3.05, 3.63) is 58.4 Å². The average molecular weight is 295 g/mol. The molecule has 110 valence electrons. The van der Waals surface area contributed by atoms with Crippen molar-refractivity contribution in [3.8, 4) is 17.2 Å². The smallest absolute Gasteiger partial charge is 0.308 e. The second-order valence-corrected chi connectivity index (χ2v) is 4.89. The fourth-order valence-electron chi connectivity index (χ4n) is 2.19. The highest BCUT2D eigenvalue weighted by Crippen LogP contribution is 2.26. The van der Waals surface area contributed by atoms with Gasteiger partial charge in [-0.3, -0.25) is 9.59 Å². The first-order chi connectivity index (χ1) is 10.5. The minimum atomic E-state index is -0.383.